The Morgan fingerprint density at radius 2 is 1.94 bits per heavy atom. The number of aromatic nitrogens is 3. The molecule has 1 heterocycles. The van der Waals surface area contributed by atoms with E-state index in [4.69, 9.17) is 10.7 Å². The van der Waals surface area contributed by atoms with Crippen LogP contribution in [0.2, 0.25) is 0 Å². The first-order valence-electron chi connectivity index (χ1n) is 5.81. The van der Waals surface area contributed by atoms with Crippen LogP contribution in [0.5, 0.6) is 0 Å². The van der Waals surface area contributed by atoms with Gasteiger partial charge in [0, 0.05) is 24.2 Å². The Balaban J connectivity index is 2.14. The molecule has 1 aromatic heterocycles. The Labute approximate surface area is 106 Å². The first-order chi connectivity index (χ1) is 7.98. The first kappa shape index (κ1) is 12.8. The van der Waals surface area contributed by atoms with E-state index >= 15 is 0 Å². The molecule has 0 radical (unpaired) electrons. The molecule has 1 aliphatic carbocycles. The van der Waals surface area contributed by atoms with Gasteiger partial charge in [-0.2, -0.15) is 0 Å². The summed E-state index contributed by atoms with van der Waals surface area (Å²) in [6, 6.07) is 0. The van der Waals surface area contributed by atoms with Crippen LogP contribution in [0.3, 0.4) is 0 Å². The molecule has 1 aromatic rings. The number of hydrogen-bond donors (Lipinski definition) is 0. The molecule has 7 heteroatoms. The Morgan fingerprint density at radius 1 is 1.29 bits per heavy atom. The third kappa shape index (κ3) is 2.98. The summed E-state index contributed by atoms with van der Waals surface area (Å²) in [5.41, 5.74) is 0. The molecule has 2 rings (SSSR count). The molecule has 0 amide bonds. The molecule has 17 heavy (non-hydrogen) atoms. The quantitative estimate of drug-likeness (QED) is 0.791. The molecule has 96 valence electrons. The molecule has 0 bridgehead atoms. The molecule has 0 N–H and O–H groups in total. The molecule has 0 aromatic carbocycles. The minimum absolute atomic E-state index is 0.162. The molecule has 0 atom stereocenters. The fraction of sp³-hybridized carbons (Fsp3) is 0.800. The molecular formula is C10H16ClN3O2S. The van der Waals surface area contributed by atoms with E-state index in [1.807, 2.05) is 0 Å². The third-order valence-corrected chi connectivity index (χ3v) is 4.54. The van der Waals surface area contributed by atoms with Crippen LogP contribution < -0.4 is 0 Å². The van der Waals surface area contributed by atoms with E-state index in [2.05, 4.69) is 10.2 Å². The summed E-state index contributed by atoms with van der Waals surface area (Å²) in [5.74, 6) is 1.30. The summed E-state index contributed by atoms with van der Waals surface area (Å²) in [7, 11) is 3.12. The highest BCUT2D eigenvalue weighted by Gasteiger charge is 2.22. The van der Waals surface area contributed by atoms with E-state index in [1.54, 1.807) is 7.05 Å². The average Bonchev–Trinajstić information content (AvgIpc) is 2.61. The second-order valence-corrected chi connectivity index (χ2v) is 7.06. The van der Waals surface area contributed by atoms with Crippen molar-refractivity contribution in [2.75, 3.05) is 0 Å². The van der Waals surface area contributed by atoms with Gasteiger partial charge in [-0.05, 0) is 5.92 Å². The van der Waals surface area contributed by atoms with Gasteiger partial charge < -0.3 is 4.57 Å². The lowest BCUT2D eigenvalue weighted by atomic mass is 9.87. The lowest BCUT2D eigenvalue weighted by molar-refractivity contribution is 0.348. The Hall–Kier alpha value is -0.620. The maximum absolute atomic E-state index is 11.2. The van der Waals surface area contributed by atoms with Gasteiger partial charge in [-0.3, -0.25) is 0 Å². The Bertz CT molecular complexity index is 492. The third-order valence-electron chi connectivity index (χ3n) is 3.34. The topological polar surface area (TPSA) is 64.8 Å². The highest BCUT2D eigenvalue weighted by Crippen LogP contribution is 2.26. The van der Waals surface area contributed by atoms with E-state index in [-0.39, 0.29) is 5.16 Å². The van der Waals surface area contributed by atoms with Crippen molar-refractivity contribution in [3.8, 4) is 0 Å². The van der Waals surface area contributed by atoms with Crippen LogP contribution in [0.4, 0.5) is 0 Å². The standard InChI is InChI=1S/C10H16ClN3O2S/c1-14-9(7-8-5-3-2-4-6-8)12-13-10(14)17(11,15)16/h8H,2-7H2,1H3. The first-order valence-corrected chi connectivity index (χ1v) is 8.12. The monoisotopic (exact) mass is 277 g/mol. The SMILES string of the molecule is Cn1c(CC2CCCCC2)nnc1S(=O)(=O)Cl. The van der Waals surface area contributed by atoms with Crippen molar-refractivity contribution in [2.24, 2.45) is 13.0 Å². The summed E-state index contributed by atoms with van der Waals surface area (Å²) >= 11 is 0. The molecule has 0 saturated heterocycles. The van der Waals surface area contributed by atoms with Gasteiger partial charge in [0.05, 0.1) is 0 Å². The predicted octanol–water partition coefficient (Wildman–Crippen LogP) is 1.87. The summed E-state index contributed by atoms with van der Waals surface area (Å²) in [6.07, 6.45) is 6.98. The summed E-state index contributed by atoms with van der Waals surface area (Å²) < 4.78 is 23.9. The van der Waals surface area contributed by atoms with E-state index in [0.29, 0.717) is 11.7 Å². The van der Waals surface area contributed by atoms with Gasteiger partial charge in [0.15, 0.2) is 0 Å². The van der Waals surface area contributed by atoms with E-state index in [0.717, 1.165) is 6.42 Å². The van der Waals surface area contributed by atoms with Crippen LogP contribution in [0.1, 0.15) is 37.9 Å². The van der Waals surface area contributed by atoms with Crippen molar-refractivity contribution >= 4 is 19.7 Å². The largest absolute Gasteiger partial charge is 0.304 e. The van der Waals surface area contributed by atoms with Gasteiger partial charge in [-0.25, -0.2) is 8.42 Å². The van der Waals surface area contributed by atoms with Crippen LogP contribution in [-0.2, 0) is 22.5 Å². The van der Waals surface area contributed by atoms with Crippen LogP contribution in [-0.4, -0.2) is 23.2 Å². The predicted molar refractivity (Wildman–Crippen MR) is 64.3 cm³/mol. The van der Waals surface area contributed by atoms with Gasteiger partial charge >= 0.3 is 0 Å². The minimum atomic E-state index is -3.79. The van der Waals surface area contributed by atoms with Crippen molar-refractivity contribution in [3.05, 3.63) is 5.82 Å². The number of halogens is 1. The fourth-order valence-corrected chi connectivity index (χ4v) is 3.36. The van der Waals surface area contributed by atoms with Crippen LogP contribution >= 0.6 is 10.7 Å². The van der Waals surface area contributed by atoms with Crippen LogP contribution in [0, 0.1) is 5.92 Å². The van der Waals surface area contributed by atoms with Gasteiger partial charge in [0.2, 0.25) is 0 Å². The number of rotatable bonds is 3. The smallest absolute Gasteiger partial charge is 0.296 e. The normalized spacial score (nSPS) is 18.5. The highest BCUT2D eigenvalue weighted by molar-refractivity contribution is 8.13. The van der Waals surface area contributed by atoms with Crippen molar-refractivity contribution in [3.63, 3.8) is 0 Å². The molecule has 1 saturated carbocycles. The van der Waals surface area contributed by atoms with Crippen LogP contribution in [0.25, 0.3) is 0 Å². The van der Waals surface area contributed by atoms with Gasteiger partial charge in [0.25, 0.3) is 14.2 Å². The van der Waals surface area contributed by atoms with E-state index < -0.39 is 9.05 Å². The average molecular weight is 278 g/mol. The lowest BCUT2D eigenvalue weighted by Gasteiger charge is -2.20. The second kappa shape index (κ2) is 4.94. The van der Waals surface area contributed by atoms with E-state index in [9.17, 15) is 8.42 Å². The van der Waals surface area contributed by atoms with Crippen LogP contribution in [0.15, 0.2) is 5.16 Å². The molecule has 0 unspecified atom stereocenters. The molecule has 0 spiro atoms. The summed E-state index contributed by atoms with van der Waals surface area (Å²) in [4.78, 5) is 0. The molecule has 0 aliphatic heterocycles. The fourth-order valence-electron chi connectivity index (χ4n) is 2.38. The van der Waals surface area contributed by atoms with Gasteiger partial charge in [-0.1, -0.05) is 32.1 Å². The minimum Gasteiger partial charge on any atom is -0.304 e. The van der Waals surface area contributed by atoms with Crippen molar-refractivity contribution in [1.29, 1.82) is 0 Å². The molecule has 5 nitrogen and oxygen atoms in total. The lowest BCUT2D eigenvalue weighted by Crippen LogP contribution is -2.13. The van der Waals surface area contributed by atoms with Crippen molar-refractivity contribution in [1.82, 2.24) is 14.8 Å². The van der Waals surface area contributed by atoms with Crippen molar-refractivity contribution in [2.45, 2.75) is 43.7 Å². The molecular weight excluding hydrogens is 262 g/mol. The number of nitrogens with zero attached hydrogens (tertiary/aromatic N) is 3. The number of hydrogen-bond acceptors (Lipinski definition) is 4. The maximum Gasteiger partial charge on any atom is 0.296 e. The van der Waals surface area contributed by atoms with E-state index in [1.165, 1.54) is 36.7 Å². The Morgan fingerprint density at radius 3 is 2.47 bits per heavy atom. The molecule has 1 fully saturated rings. The second-order valence-electron chi connectivity index (χ2n) is 4.60. The highest BCUT2D eigenvalue weighted by atomic mass is 35.7. The van der Waals surface area contributed by atoms with Gasteiger partial charge in [0.1, 0.15) is 5.82 Å². The Kier molecular flexibility index (Phi) is 3.73. The maximum atomic E-state index is 11.2. The zero-order valence-corrected chi connectivity index (χ0v) is 11.3. The zero-order valence-electron chi connectivity index (χ0n) is 9.76. The van der Waals surface area contributed by atoms with Crippen molar-refractivity contribution < 1.29 is 8.42 Å². The zero-order chi connectivity index (χ0) is 12.5. The molecule has 1 aliphatic rings. The van der Waals surface area contributed by atoms with Gasteiger partial charge in [-0.15, -0.1) is 10.2 Å². The summed E-state index contributed by atoms with van der Waals surface area (Å²) in [6.45, 7) is 0. The summed E-state index contributed by atoms with van der Waals surface area (Å²) in [5, 5.41) is 7.41.